The summed E-state index contributed by atoms with van der Waals surface area (Å²) in [7, 11) is 2.24. The summed E-state index contributed by atoms with van der Waals surface area (Å²) in [4.78, 5) is 2.46. The molecule has 1 spiro atoms. The Morgan fingerprint density at radius 3 is 2.71 bits per heavy atom. The highest BCUT2D eigenvalue weighted by atomic mass is 15.1. The van der Waals surface area contributed by atoms with Crippen molar-refractivity contribution in [3.05, 3.63) is 29.8 Å². The number of piperidine rings is 1. The zero-order valence-corrected chi connectivity index (χ0v) is 10.9. The van der Waals surface area contributed by atoms with Gasteiger partial charge in [-0.2, -0.15) is 0 Å². The molecule has 0 radical (unpaired) electrons. The van der Waals surface area contributed by atoms with Crippen LogP contribution in [0.4, 0.5) is 5.69 Å². The molecule has 0 aromatic heterocycles. The molecule has 2 aliphatic heterocycles. The van der Waals surface area contributed by atoms with Crippen LogP contribution >= 0.6 is 0 Å². The van der Waals surface area contributed by atoms with Gasteiger partial charge in [0.2, 0.25) is 0 Å². The zero-order chi connectivity index (χ0) is 11.9. The van der Waals surface area contributed by atoms with Gasteiger partial charge in [-0.05, 0) is 51.0 Å². The number of fused-ring (bicyclic) bond motifs is 2. The molecule has 1 atom stereocenters. The van der Waals surface area contributed by atoms with Crippen molar-refractivity contribution in [2.75, 3.05) is 25.5 Å². The van der Waals surface area contributed by atoms with Gasteiger partial charge in [-0.1, -0.05) is 25.1 Å². The van der Waals surface area contributed by atoms with Crippen LogP contribution in [0.2, 0.25) is 0 Å². The first-order valence-electron chi connectivity index (χ1n) is 6.81. The molecule has 2 aliphatic rings. The molecule has 1 N–H and O–H groups in total. The fraction of sp³-hybridized carbons (Fsp3) is 0.600. The predicted molar refractivity (Wildman–Crippen MR) is 72.6 cm³/mol. The minimum absolute atomic E-state index is 0.401. The van der Waals surface area contributed by atoms with Gasteiger partial charge in [-0.15, -0.1) is 0 Å². The molecule has 0 bridgehead atoms. The SMILES string of the molecule is CCC1Nc2ccccc2C12CCN(C)CC2. The molecule has 2 heteroatoms. The number of nitrogens with zero attached hydrogens (tertiary/aromatic N) is 1. The van der Waals surface area contributed by atoms with Crippen LogP contribution in [0, 0.1) is 0 Å². The second kappa shape index (κ2) is 4.02. The summed E-state index contributed by atoms with van der Waals surface area (Å²) >= 11 is 0. The van der Waals surface area contributed by atoms with Gasteiger partial charge in [0.15, 0.2) is 0 Å². The van der Waals surface area contributed by atoms with Crippen molar-refractivity contribution < 1.29 is 0 Å². The summed E-state index contributed by atoms with van der Waals surface area (Å²) in [6.45, 7) is 4.77. The summed E-state index contributed by atoms with van der Waals surface area (Å²) in [6.07, 6.45) is 3.82. The highest BCUT2D eigenvalue weighted by molar-refractivity contribution is 5.62. The van der Waals surface area contributed by atoms with Crippen LogP contribution in [0.5, 0.6) is 0 Å². The lowest BCUT2D eigenvalue weighted by Crippen LogP contribution is -2.47. The lowest BCUT2D eigenvalue weighted by Gasteiger charge is -2.42. The number of para-hydroxylation sites is 1. The molecule has 0 aliphatic carbocycles. The number of anilines is 1. The molecule has 2 nitrogen and oxygen atoms in total. The maximum atomic E-state index is 3.74. The minimum Gasteiger partial charge on any atom is -0.381 e. The Labute approximate surface area is 104 Å². The molecule has 0 amide bonds. The molecule has 17 heavy (non-hydrogen) atoms. The van der Waals surface area contributed by atoms with E-state index in [-0.39, 0.29) is 0 Å². The maximum Gasteiger partial charge on any atom is 0.0381 e. The molecular weight excluding hydrogens is 208 g/mol. The summed E-state index contributed by atoms with van der Waals surface area (Å²) in [5, 5.41) is 3.74. The molecule has 1 aromatic rings. The predicted octanol–water partition coefficient (Wildman–Crippen LogP) is 2.85. The number of benzene rings is 1. The van der Waals surface area contributed by atoms with E-state index in [1.165, 1.54) is 38.0 Å². The molecule has 92 valence electrons. The van der Waals surface area contributed by atoms with Crippen LogP contribution in [0.1, 0.15) is 31.7 Å². The lowest BCUT2D eigenvalue weighted by atomic mass is 9.69. The molecule has 3 rings (SSSR count). The van der Waals surface area contributed by atoms with Gasteiger partial charge in [0.25, 0.3) is 0 Å². The number of nitrogens with one attached hydrogen (secondary N) is 1. The number of hydrogen-bond acceptors (Lipinski definition) is 2. The van der Waals surface area contributed by atoms with Crippen LogP contribution in [0.15, 0.2) is 24.3 Å². The van der Waals surface area contributed by atoms with Crippen LogP contribution in [-0.2, 0) is 5.41 Å². The van der Waals surface area contributed by atoms with E-state index < -0.39 is 0 Å². The maximum absolute atomic E-state index is 3.74. The smallest absolute Gasteiger partial charge is 0.0381 e. The summed E-state index contributed by atoms with van der Waals surface area (Å²) in [5.41, 5.74) is 3.35. The van der Waals surface area contributed by atoms with Crippen molar-refractivity contribution in [2.24, 2.45) is 0 Å². The Bertz CT molecular complexity index is 405. The Kier molecular flexibility index (Phi) is 2.62. The van der Waals surface area contributed by atoms with Gasteiger partial charge in [-0.3, -0.25) is 0 Å². The van der Waals surface area contributed by atoms with Crippen LogP contribution in [0.3, 0.4) is 0 Å². The normalized spacial score (nSPS) is 26.8. The number of likely N-dealkylation sites (tertiary alicyclic amines) is 1. The summed E-state index contributed by atoms with van der Waals surface area (Å²) in [6, 6.07) is 9.55. The van der Waals surface area contributed by atoms with Crippen molar-refractivity contribution in [1.29, 1.82) is 0 Å². The highest BCUT2D eigenvalue weighted by Crippen LogP contribution is 2.48. The second-order valence-corrected chi connectivity index (χ2v) is 5.61. The third kappa shape index (κ3) is 1.58. The third-order valence-corrected chi connectivity index (χ3v) is 4.75. The Morgan fingerprint density at radius 2 is 2.00 bits per heavy atom. The highest BCUT2D eigenvalue weighted by Gasteiger charge is 2.46. The Morgan fingerprint density at radius 1 is 1.29 bits per heavy atom. The molecule has 0 saturated carbocycles. The zero-order valence-electron chi connectivity index (χ0n) is 10.9. The van der Waals surface area contributed by atoms with Crippen molar-refractivity contribution in [3.63, 3.8) is 0 Å². The van der Waals surface area contributed by atoms with Gasteiger partial charge in [0, 0.05) is 17.1 Å². The molecule has 1 fully saturated rings. The third-order valence-electron chi connectivity index (χ3n) is 4.75. The van der Waals surface area contributed by atoms with Gasteiger partial charge in [0.1, 0.15) is 0 Å². The lowest BCUT2D eigenvalue weighted by molar-refractivity contribution is 0.174. The quantitative estimate of drug-likeness (QED) is 0.798. The van der Waals surface area contributed by atoms with E-state index in [2.05, 4.69) is 48.5 Å². The van der Waals surface area contributed by atoms with E-state index in [0.29, 0.717) is 11.5 Å². The molecular formula is C15H22N2. The van der Waals surface area contributed by atoms with Crippen LogP contribution < -0.4 is 5.32 Å². The largest absolute Gasteiger partial charge is 0.381 e. The molecule has 1 saturated heterocycles. The first-order chi connectivity index (χ1) is 8.26. The summed E-state index contributed by atoms with van der Waals surface area (Å²) in [5.74, 6) is 0. The summed E-state index contributed by atoms with van der Waals surface area (Å²) < 4.78 is 0. The first kappa shape index (κ1) is 11.1. The van der Waals surface area contributed by atoms with Crippen molar-refractivity contribution in [2.45, 2.75) is 37.6 Å². The standard InChI is InChI=1S/C15H22N2/c1-3-14-15(8-10-17(2)11-9-15)12-6-4-5-7-13(12)16-14/h4-7,14,16H,3,8-11H2,1-2H3. The van der Waals surface area contributed by atoms with Crippen LogP contribution in [-0.4, -0.2) is 31.1 Å². The van der Waals surface area contributed by atoms with Crippen molar-refractivity contribution >= 4 is 5.69 Å². The van der Waals surface area contributed by atoms with Gasteiger partial charge >= 0.3 is 0 Å². The monoisotopic (exact) mass is 230 g/mol. The van der Waals surface area contributed by atoms with E-state index in [9.17, 15) is 0 Å². The average molecular weight is 230 g/mol. The molecule has 1 unspecified atom stereocenters. The van der Waals surface area contributed by atoms with E-state index >= 15 is 0 Å². The number of hydrogen-bond donors (Lipinski definition) is 1. The number of rotatable bonds is 1. The first-order valence-corrected chi connectivity index (χ1v) is 6.81. The molecule has 2 heterocycles. The van der Waals surface area contributed by atoms with E-state index in [1.807, 2.05) is 0 Å². The average Bonchev–Trinajstić information content (AvgIpc) is 2.68. The van der Waals surface area contributed by atoms with Crippen molar-refractivity contribution in [1.82, 2.24) is 4.90 Å². The molecule has 1 aromatic carbocycles. The second-order valence-electron chi connectivity index (χ2n) is 5.61. The van der Waals surface area contributed by atoms with E-state index in [1.54, 1.807) is 5.56 Å². The fourth-order valence-electron chi connectivity index (χ4n) is 3.68. The Balaban J connectivity index is 2.01. The van der Waals surface area contributed by atoms with Crippen LogP contribution in [0.25, 0.3) is 0 Å². The topological polar surface area (TPSA) is 15.3 Å². The van der Waals surface area contributed by atoms with E-state index in [0.717, 1.165) is 0 Å². The van der Waals surface area contributed by atoms with Gasteiger partial charge in [0.05, 0.1) is 0 Å². The van der Waals surface area contributed by atoms with Gasteiger partial charge in [-0.25, -0.2) is 0 Å². The fourth-order valence-corrected chi connectivity index (χ4v) is 3.68. The van der Waals surface area contributed by atoms with E-state index in [4.69, 9.17) is 0 Å². The minimum atomic E-state index is 0.401. The van der Waals surface area contributed by atoms with Crippen molar-refractivity contribution in [3.8, 4) is 0 Å². The Hall–Kier alpha value is -1.02. The van der Waals surface area contributed by atoms with Gasteiger partial charge < -0.3 is 10.2 Å².